The largest absolute Gasteiger partial charge is 0.455 e. The SMILES string of the molecule is c1cc(-c2ccccc2N(c2ccc(-c3cc4ccccc4c4ccccc34)cc2)c2ccc(-c3cccc4c3oc3ccccc34)cc2)cc(-c2cccc3ccccc23)c1. The molecule has 0 saturated carbocycles. The lowest BCUT2D eigenvalue weighted by Gasteiger charge is -2.28. The number of rotatable bonds is 7. The number of furan rings is 1. The highest BCUT2D eigenvalue weighted by molar-refractivity contribution is 6.14. The molecule has 0 bridgehead atoms. The van der Waals surface area contributed by atoms with E-state index in [0.717, 1.165) is 61.3 Å². The summed E-state index contributed by atoms with van der Waals surface area (Å²) >= 11 is 0. The summed E-state index contributed by atoms with van der Waals surface area (Å²) in [6.45, 7) is 0. The van der Waals surface area contributed by atoms with E-state index in [-0.39, 0.29) is 0 Å². The number of anilines is 3. The molecule has 0 aliphatic heterocycles. The fourth-order valence-electron chi connectivity index (χ4n) is 9.52. The molecule has 1 aromatic heterocycles. The van der Waals surface area contributed by atoms with E-state index in [2.05, 4.69) is 229 Å². The third kappa shape index (κ3) is 6.04. The van der Waals surface area contributed by atoms with Crippen molar-refractivity contribution in [3.8, 4) is 44.5 Å². The Labute approximate surface area is 360 Å². The number of hydrogen-bond donors (Lipinski definition) is 0. The Morgan fingerprint density at radius 3 is 1.58 bits per heavy atom. The van der Waals surface area contributed by atoms with E-state index < -0.39 is 0 Å². The predicted molar refractivity (Wildman–Crippen MR) is 263 cm³/mol. The van der Waals surface area contributed by atoms with Crippen LogP contribution in [0.2, 0.25) is 0 Å². The van der Waals surface area contributed by atoms with Gasteiger partial charge in [0.25, 0.3) is 0 Å². The van der Waals surface area contributed by atoms with Gasteiger partial charge in [-0.05, 0) is 114 Å². The van der Waals surface area contributed by atoms with Crippen molar-refractivity contribution in [2.45, 2.75) is 0 Å². The molecule has 1 heterocycles. The summed E-state index contributed by atoms with van der Waals surface area (Å²) in [6.07, 6.45) is 0. The van der Waals surface area contributed by atoms with Gasteiger partial charge in [-0.1, -0.05) is 188 Å². The van der Waals surface area contributed by atoms with Gasteiger partial charge in [-0.15, -0.1) is 0 Å². The Bertz CT molecular complexity index is 3630. The molecule has 290 valence electrons. The van der Waals surface area contributed by atoms with Crippen LogP contribution >= 0.6 is 0 Å². The fourth-order valence-corrected chi connectivity index (χ4v) is 9.52. The maximum atomic E-state index is 6.47. The number of hydrogen-bond acceptors (Lipinski definition) is 2. The third-order valence-corrected chi connectivity index (χ3v) is 12.5. The molecule has 2 heteroatoms. The van der Waals surface area contributed by atoms with Crippen molar-refractivity contribution in [2.24, 2.45) is 0 Å². The minimum absolute atomic E-state index is 0.902. The predicted octanol–water partition coefficient (Wildman–Crippen LogP) is 17.2. The summed E-state index contributed by atoms with van der Waals surface area (Å²) in [6, 6.07) is 85.5. The first kappa shape index (κ1) is 35.7. The minimum Gasteiger partial charge on any atom is -0.455 e. The Hall–Kier alpha value is -8.20. The van der Waals surface area contributed by atoms with Crippen molar-refractivity contribution in [1.82, 2.24) is 0 Å². The van der Waals surface area contributed by atoms with Crippen LogP contribution in [0.5, 0.6) is 0 Å². The van der Waals surface area contributed by atoms with Crippen molar-refractivity contribution in [2.75, 3.05) is 4.90 Å². The molecule has 12 aromatic rings. The molecule has 62 heavy (non-hydrogen) atoms. The highest BCUT2D eigenvalue weighted by Gasteiger charge is 2.20. The molecule has 0 amide bonds. The van der Waals surface area contributed by atoms with Crippen LogP contribution in [-0.4, -0.2) is 0 Å². The molecule has 0 unspecified atom stereocenters. The van der Waals surface area contributed by atoms with E-state index in [9.17, 15) is 0 Å². The minimum atomic E-state index is 0.902. The molecule has 0 radical (unpaired) electrons. The third-order valence-electron chi connectivity index (χ3n) is 12.5. The molecule has 0 spiro atoms. The Morgan fingerprint density at radius 2 is 0.790 bits per heavy atom. The number of nitrogens with zero attached hydrogens (tertiary/aromatic N) is 1. The van der Waals surface area contributed by atoms with Crippen LogP contribution in [0.15, 0.2) is 241 Å². The van der Waals surface area contributed by atoms with E-state index >= 15 is 0 Å². The van der Waals surface area contributed by atoms with Crippen LogP contribution in [0.4, 0.5) is 17.1 Å². The van der Waals surface area contributed by atoms with Crippen molar-refractivity contribution in [3.05, 3.63) is 237 Å². The summed E-state index contributed by atoms with van der Waals surface area (Å²) in [5.74, 6) is 0. The number of para-hydroxylation sites is 3. The zero-order valence-electron chi connectivity index (χ0n) is 33.9. The van der Waals surface area contributed by atoms with Crippen molar-refractivity contribution in [1.29, 1.82) is 0 Å². The quantitative estimate of drug-likeness (QED) is 0.150. The van der Waals surface area contributed by atoms with Crippen LogP contribution < -0.4 is 4.90 Å². The molecule has 2 nitrogen and oxygen atoms in total. The Morgan fingerprint density at radius 1 is 0.274 bits per heavy atom. The summed E-state index contributed by atoms with van der Waals surface area (Å²) < 4.78 is 6.47. The van der Waals surface area contributed by atoms with Gasteiger partial charge in [0.1, 0.15) is 11.2 Å². The first-order valence-electron chi connectivity index (χ1n) is 21.2. The van der Waals surface area contributed by atoms with E-state index in [1.165, 1.54) is 54.6 Å². The summed E-state index contributed by atoms with van der Waals surface area (Å²) in [5, 5.41) is 9.78. The highest BCUT2D eigenvalue weighted by Crippen LogP contribution is 2.44. The highest BCUT2D eigenvalue weighted by atomic mass is 16.3. The van der Waals surface area contributed by atoms with Gasteiger partial charge < -0.3 is 9.32 Å². The second-order valence-electron chi connectivity index (χ2n) is 16.0. The molecule has 11 aromatic carbocycles. The van der Waals surface area contributed by atoms with Gasteiger partial charge in [-0.2, -0.15) is 0 Å². The van der Waals surface area contributed by atoms with Gasteiger partial charge in [0.2, 0.25) is 0 Å². The fraction of sp³-hybridized carbons (Fsp3) is 0. The molecule has 12 rings (SSSR count). The van der Waals surface area contributed by atoms with Gasteiger partial charge >= 0.3 is 0 Å². The lowest BCUT2D eigenvalue weighted by Crippen LogP contribution is -2.11. The number of benzene rings is 11. The van der Waals surface area contributed by atoms with Gasteiger partial charge in [-0.25, -0.2) is 0 Å². The Kier molecular flexibility index (Phi) is 8.53. The van der Waals surface area contributed by atoms with Crippen LogP contribution in [0.3, 0.4) is 0 Å². The van der Waals surface area contributed by atoms with Crippen LogP contribution in [0.1, 0.15) is 0 Å². The topological polar surface area (TPSA) is 16.4 Å². The zero-order chi connectivity index (χ0) is 41.0. The molecule has 0 aliphatic carbocycles. The normalized spacial score (nSPS) is 11.5. The van der Waals surface area contributed by atoms with E-state index in [4.69, 9.17) is 4.42 Å². The van der Waals surface area contributed by atoms with Crippen LogP contribution in [0.25, 0.3) is 98.8 Å². The second kappa shape index (κ2) is 14.8. The molecule has 0 N–H and O–H groups in total. The molecule has 0 fully saturated rings. The smallest absolute Gasteiger partial charge is 0.143 e. The average Bonchev–Trinajstić information content (AvgIpc) is 3.73. The molecule has 0 atom stereocenters. The molecular formula is C60H39NO. The maximum absolute atomic E-state index is 6.47. The van der Waals surface area contributed by atoms with E-state index in [0.29, 0.717) is 0 Å². The monoisotopic (exact) mass is 789 g/mol. The van der Waals surface area contributed by atoms with Gasteiger partial charge in [0.15, 0.2) is 0 Å². The van der Waals surface area contributed by atoms with Crippen molar-refractivity contribution in [3.63, 3.8) is 0 Å². The second-order valence-corrected chi connectivity index (χ2v) is 16.0. The van der Waals surface area contributed by atoms with Crippen molar-refractivity contribution < 1.29 is 4.42 Å². The summed E-state index contributed by atoms with van der Waals surface area (Å²) in [4.78, 5) is 2.40. The molecule has 0 saturated heterocycles. The van der Waals surface area contributed by atoms with E-state index in [1.807, 2.05) is 12.1 Å². The molecular weight excluding hydrogens is 751 g/mol. The summed E-state index contributed by atoms with van der Waals surface area (Å²) in [5.41, 5.74) is 14.4. The van der Waals surface area contributed by atoms with Gasteiger partial charge in [0, 0.05) is 33.3 Å². The lowest BCUT2D eigenvalue weighted by atomic mass is 9.93. The first-order valence-corrected chi connectivity index (χ1v) is 21.2. The van der Waals surface area contributed by atoms with Crippen molar-refractivity contribution >= 4 is 71.3 Å². The standard InChI is InChI=1S/C60H39NO/c1-3-19-48-40(14-1)16-12-25-49(48)43-17-11-18-44(38-43)51-21-7-9-28-58(51)61(46-34-30-41(31-35-46)52-26-13-27-56-55-24-8-10-29-59(55)62-60(52)56)47-36-32-42(33-37-47)57-39-45-15-2-4-20-50(45)53-22-5-6-23-54(53)57/h1-39H. The van der Waals surface area contributed by atoms with Crippen LogP contribution in [0, 0.1) is 0 Å². The maximum Gasteiger partial charge on any atom is 0.143 e. The van der Waals surface area contributed by atoms with Gasteiger partial charge in [-0.3, -0.25) is 0 Å². The van der Waals surface area contributed by atoms with Gasteiger partial charge in [0.05, 0.1) is 5.69 Å². The van der Waals surface area contributed by atoms with E-state index in [1.54, 1.807) is 0 Å². The van der Waals surface area contributed by atoms with Crippen LogP contribution in [-0.2, 0) is 0 Å². The Balaban J connectivity index is 1.00. The molecule has 0 aliphatic rings. The number of fused-ring (bicyclic) bond motifs is 7. The average molecular weight is 790 g/mol. The zero-order valence-corrected chi connectivity index (χ0v) is 33.9. The lowest BCUT2D eigenvalue weighted by molar-refractivity contribution is 0.670. The first-order chi connectivity index (χ1) is 30.7. The summed E-state index contributed by atoms with van der Waals surface area (Å²) in [7, 11) is 0.